The van der Waals surface area contributed by atoms with E-state index < -0.39 is 6.10 Å². The summed E-state index contributed by atoms with van der Waals surface area (Å²) in [6, 6.07) is 14.4. The first-order valence-corrected chi connectivity index (χ1v) is 13.7. The van der Waals surface area contributed by atoms with Crippen LogP contribution in [0.1, 0.15) is 43.3 Å². The van der Waals surface area contributed by atoms with Crippen molar-refractivity contribution >= 4 is 29.3 Å². The van der Waals surface area contributed by atoms with Crippen molar-refractivity contribution in [1.29, 1.82) is 0 Å². The van der Waals surface area contributed by atoms with E-state index >= 15 is 0 Å². The van der Waals surface area contributed by atoms with Gasteiger partial charge in [0.25, 0.3) is 0 Å². The number of fused-ring (bicyclic) bond motifs is 1. The number of rotatable bonds is 13. The van der Waals surface area contributed by atoms with E-state index in [-0.39, 0.29) is 16.1 Å². The maximum absolute atomic E-state index is 13.2. The second kappa shape index (κ2) is 12.8. The molecule has 4 aromatic rings. The van der Waals surface area contributed by atoms with E-state index in [4.69, 9.17) is 35.5 Å². The highest BCUT2D eigenvalue weighted by atomic mass is 35.5. The van der Waals surface area contributed by atoms with Crippen molar-refractivity contribution in [1.82, 2.24) is 13.9 Å². The van der Waals surface area contributed by atoms with Crippen molar-refractivity contribution in [2.45, 2.75) is 32.9 Å². The van der Waals surface area contributed by atoms with E-state index in [1.54, 1.807) is 44.6 Å². The number of aliphatic hydroxyl groups excluding tert-OH is 1. The van der Waals surface area contributed by atoms with Crippen LogP contribution in [-0.2, 0) is 11.3 Å². The lowest BCUT2D eigenvalue weighted by atomic mass is 10.0. The number of methoxy groups -OCH3 is 4. The normalized spacial score (nSPS) is 13.6. The van der Waals surface area contributed by atoms with E-state index in [1.165, 1.54) is 14.2 Å². The van der Waals surface area contributed by atoms with E-state index in [0.717, 1.165) is 12.8 Å². The molecule has 2 aromatic carbocycles. The second-order valence-corrected chi connectivity index (χ2v) is 10.6. The number of carbonyl (C=O) groups excluding carboxylic acids is 1. The predicted molar refractivity (Wildman–Crippen MR) is 159 cm³/mol. The van der Waals surface area contributed by atoms with Gasteiger partial charge in [-0.25, -0.2) is 14.3 Å². The number of aromatic nitrogens is 2. The highest BCUT2D eigenvalue weighted by molar-refractivity contribution is 6.35. The summed E-state index contributed by atoms with van der Waals surface area (Å²) in [6.07, 6.45) is 2.32. The van der Waals surface area contributed by atoms with Crippen molar-refractivity contribution in [2.24, 2.45) is 5.92 Å². The number of hydrogen-bond acceptors (Lipinski definition) is 7. The summed E-state index contributed by atoms with van der Waals surface area (Å²) < 4.78 is 23.7. The van der Waals surface area contributed by atoms with Gasteiger partial charge in [0.1, 0.15) is 40.5 Å². The zero-order chi connectivity index (χ0) is 29.7. The summed E-state index contributed by atoms with van der Waals surface area (Å²) in [5, 5.41) is 12.2. The van der Waals surface area contributed by atoms with E-state index in [0.29, 0.717) is 63.7 Å². The first-order valence-electron chi connectivity index (χ1n) is 13.3. The zero-order valence-corrected chi connectivity index (χ0v) is 25.0. The average molecular weight is 583 g/mol. The fourth-order valence-electron chi connectivity index (χ4n) is 5.08. The van der Waals surface area contributed by atoms with Crippen molar-refractivity contribution in [3.8, 4) is 23.0 Å². The lowest BCUT2D eigenvalue weighted by Crippen LogP contribution is -2.49. The van der Waals surface area contributed by atoms with Crippen LogP contribution in [0.15, 0.2) is 54.7 Å². The molecule has 4 rings (SSSR count). The number of halogens is 1. The molecule has 2 unspecified atom stereocenters. The summed E-state index contributed by atoms with van der Waals surface area (Å²) in [5.41, 5.74) is 2.74. The third kappa shape index (κ3) is 5.84. The Hall–Kier alpha value is -3.79. The van der Waals surface area contributed by atoms with Gasteiger partial charge in [-0.3, -0.25) is 0 Å². The molecular weight excluding hydrogens is 546 g/mol. The average Bonchev–Trinajstić information content (AvgIpc) is 3.35. The third-order valence-corrected chi connectivity index (χ3v) is 7.68. The summed E-state index contributed by atoms with van der Waals surface area (Å²) >= 11 is 6.90. The van der Waals surface area contributed by atoms with Gasteiger partial charge in [0.2, 0.25) is 0 Å². The zero-order valence-electron chi connectivity index (χ0n) is 24.3. The van der Waals surface area contributed by atoms with Gasteiger partial charge in [-0.2, -0.15) is 0 Å². The molecule has 2 heterocycles. The van der Waals surface area contributed by atoms with Crippen molar-refractivity contribution < 1.29 is 28.8 Å². The number of hydrogen-bond donors (Lipinski definition) is 1. The Morgan fingerprint density at radius 1 is 1.00 bits per heavy atom. The minimum absolute atomic E-state index is 0.131. The van der Waals surface area contributed by atoms with Crippen LogP contribution in [0, 0.1) is 5.92 Å². The molecule has 1 amide bonds. The summed E-state index contributed by atoms with van der Waals surface area (Å²) in [4.78, 5) is 18.1. The monoisotopic (exact) mass is 582 g/mol. The molecule has 0 aliphatic rings. The maximum Gasteiger partial charge on any atom is 0.306 e. The largest absolute Gasteiger partial charge is 0.497 e. The fraction of sp³-hybridized carbons (Fsp3) is 0.355. The number of quaternary nitrogens is 1. The molecule has 0 radical (unpaired) electrons. The Bertz CT molecular complexity index is 1520. The Balaban J connectivity index is 1.95. The van der Waals surface area contributed by atoms with Gasteiger partial charge >= 0.3 is 6.41 Å². The SMILES string of the molecule is COc1ccc(OC)c(C(O)c2c(C[N+](C=O)(CCC(C)C)c3ccc(OC)c(OC)c3Cl)nc3ccccn23)c1. The number of ether oxygens (including phenoxy) is 4. The molecule has 0 aliphatic carbocycles. The Kier molecular flexibility index (Phi) is 9.42. The predicted octanol–water partition coefficient (Wildman–Crippen LogP) is 5.81. The molecule has 9 nitrogen and oxygen atoms in total. The lowest BCUT2D eigenvalue weighted by Gasteiger charge is -2.33. The third-order valence-electron chi connectivity index (χ3n) is 7.32. The van der Waals surface area contributed by atoms with Gasteiger partial charge in [0.15, 0.2) is 17.2 Å². The van der Waals surface area contributed by atoms with Crippen molar-refractivity contribution in [2.75, 3.05) is 35.0 Å². The van der Waals surface area contributed by atoms with Crippen LogP contribution < -0.4 is 23.4 Å². The Morgan fingerprint density at radius 2 is 1.73 bits per heavy atom. The number of amides is 1. The topological polar surface area (TPSA) is 91.5 Å². The number of nitrogens with zero attached hydrogens (tertiary/aromatic N) is 3. The molecule has 2 aromatic heterocycles. The quantitative estimate of drug-likeness (QED) is 0.157. The van der Waals surface area contributed by atoms with Crippen LogP contribution in [0.25, 0.3) is 5.65 Å². The van der Waals surface area contributed by atoms with Crippen LogP contribution in [0.4, 0.5) is 5.69 Å². The van der Waals surface area contributed by atoms with Crippen LogP contribution in [0.3, 0.4) is 0 Å². The molecule has 0 bridgehead atoms. The van der Waals surface area contributed by atoms with Crippen LogP contribution >= 0.6 is 11.6 Å². The molecule has 0 saturated heterocycles. The summed E-state index contributed by atoms with van der Waals surface area (Å²) in [7, 11) is 6.16. The molecule has 10 heteroatoms. The molecular formula is C31H37ClN3O6+. The smallest absolute Gasteiger partial charge is 0.306 e. The summed E-state index contributed by atoms with van der Waals surface area (Å²) in [6.45, 7) is 4.78. The lowest BCUT2D eigenvalue weighted by molar-refractivity contribution is -0.118. The summed E-state index contributed by atoms with van der Waals surface area (Å²) in [5.74, 6) is 2.19. The Labute approximate surface area is 245 Å². The molecule has 41 heavy (non-hydrogen) atoms. The van der Waals surface area contributed by atoms with E-state index in [1.807, 2.05) is 28.8 Å². The van der Waals surface area contributed by atoms with Crippen LogP contribution in [0.2, 0.25) is 5.02 Å². The minimum Gasteiger partial charge on any atom is -0.497 e. The van der Waals surface area contributed by atoms with Gasteiger partial charge < -0.3 is 28.5 Å². The highest BCUT2D eigenvalue weighted by Crippen LogP contribution is 2.45. The molecule has 0 saturated carbocycles. The van der Waals surface area contributed by atoms with Crippen LogP contribution in [0.5, 0.6) is 23.0 Å². The molecule has 218 valence electrons. The molecule has 2 atom stereocenters. The first-order chi connectivity index (χ1) is 19.7. The van der Waals surface area contributed by atoms with Gasteiger partial charge in [-0.15, -0.1) is 0 Å². The first kappa shape index (κ1) is 30.2. The van der Waals surface area contributed by atoms with Gasteiger partial charge in [-0.1, -0.05) is 31.5 Å². The van der Waals surface area contributed by atoms with E-state index in [9.17, 15) is 9.90 Å². The number of benzene rings is 2. The fourth-order valence-corrected chi connectivity index (χ4v) is 5.48. The Morgan fingerprint density at radius 3 is 2.37 bits per heavy atom. The van der Waals surface area contributed by atoms with E-state index in [2.05, 4.69) is 13.8 Å². The van der Waals surface area contributed by atoms with Crippen molar-refractivity contribution in [3.05, 3.63) is 76.7 Å². The second-order valence-electron chi connectivity index (χ2n) is 10.2. The molecule has 0 fully saturated rings. The highest BCUT2D eigenvalue weighted by Gasteiger charge is 2.38. The number of imidazole rings is 1. The molecule has 0 spiro atoms. The number of aliphatic hydroxyl groups is 1. The molecule has 1 N–H and O–H groups in total. The number of pyridine rings is 1. The van der Waals surface area contributed by atoms with Crippen LogP contribution in [-0.4, -0.2) is 55.9 Å². The van der Waals surface area contributed by atoms with Gasteiger partial charge in [0.05, 0.1) is 40.7 Å². The maximum atomic E-state index is 13.2. The molecule has 0 aliphatic heterocycles. The van der Waals surface area contributed by atoms with Crippen molar-refractivity contribution in [3.63, 3.8) is 0 Å². The van der Waals surface area contributed by atoms with Gasteiger partial charge in [-0.05, 0) is 48.7 Å². The minimum atomic E-state index is -1.15. The van der Waals surface area contributed by atoms with Gasteiger partial charge in [0, 0.05) is 17.8 Å². The number of carbonyl (C=O) groups is 1. The standard InChI is InChI=1S/C31H37ClN3O6/c1-20(2)14-16-35(19-36,24-11-13-26(40-5)31(41-6)28(24)32)18-23-29(34-15-8-7-9-27(34)33-23)30(37)22-17-21(38-3)10-12-25(22)39-4/h7-13,15,17,19-20,30,37H,14,16,18H2,1-6H3/q+1.